The molecule has 0 bridgehead atoms. The number of carbonyl (C=O) groups is 2. The summed E-state index contributed by atoms with van der Waals surface area (Å²) in [4.78, 5) is 34.0. The van der Waals surface area contributed by atoms with Crippen LogP contribution in [0.15, 0.2) is 72.6 Å². The van der Waals surface area contributed by atoms with Gasteiger partial charge in [0.2, 0.25) is 0 Å². The van der Waals surface area contributed by atoms with Crippen molar-refractivity contribution in [1.82, 2.24) is 9.88 Å². The van der Waals surface area contributed by atoms with Gasteiger partial charge in [-0.1, -0.05) is 35.9 Å². The van der Waals surface area contributed by atoms with Crippen LogP contribution < -0.4 is 15.0 Å². The fourth-order valence-corrected chi connectivity index (χ4v) is 4.08. The molecule has 0 spiro atoms. The van der Waals surface area contributed by atoms with Crippen molar-refractivity contribution < 1.29 is 14.3 Å². The highest BCUT2D eigenvalue weighted by molar-refractivity contribution is 6.32. The minimum Gasteiger partial charge on any atom is -0.449 e. The van der Waals surface area contributed by atoms with E-state index in [0.717, 1.165) is 5.82 Å². The van der Waals surface area contributed by atoms with Gasteiger partial charge in [-0.15, -0.1) is 0 Å². The third kappa shape index (κ3) is 4.40. The Morgan fingerprint density at radius 2 is 1.82 bits per heavy atom. The summed E-state index contributed by atoms with van der Waals surface area (Å²) in [6, 6.07) is 18.1. The molecule has 1 aromatic heterocycles. The molecule has 2 aliphatic rings. The molecular formula is C25H21ClN4O3. The van der Waals surface area contributed by atoms with Crippen molar-refractivity contribution in [2.24, 2.45) is 0 Å². The zero-order valence-corrected chi connectivity index (χ0v) is 18.5. The van der Waals surface area contributed by atoms with Gasteiger partial charge >= 0.3 is 0 Å². The summed E-state index contributed by atoms with van der Waals surface area (Å²) in [7, 11) is 0. The first-order valence-electron chi connectivity index (χ1n) is 10.6. The highest BCUT2D eigenvalue weighted by atomic mass is 35.5. The number of piperazine rings is 1. The Bertz CT molecular complexity index is 1240. The Morgan fingerprint density at radius 3 is 2.58 bits per heavy atom. The van der Waals surface area contributed by atoms with Crippen molar-refractivity contribution in [3.63, 3.8) is 0 Å². The first-order chi connectivity index (χ1) is 16.1. The summed E-state index contributed by atoms with van der Waals surface area (Å²) in [5.41, 5.74) is 1.65. The molecule has 1 N–H and O–H groups in total. The van der Waals surface area contributed by atoms with Crippen molar-refractivity contribution in [1.29, 1.82) is 0 Å². The molecule has 0 unspecified atom stereocenters. The topological polar surface area (TPSA) is 74.8 Å². The van der Waals surface area contributed by atoms with Crippen LogP contribution in [0, 0.1) is 0 Å². The molecule has 0 radical (unpaired) electrons. The van der Waals surface area contributed by atoms with Crippen molar-refractivity contribution in [3.05, 3.63) is 88.8 Å². The van der Waals surface area contributed by atoms with E-state index >= 15 is 0 Å². The number of ether oxygens (including phenoxy) is 1. The number of aromatic nitrogens is 1. The average Bonchev–Trinajstić information content (AvgIpc) is 2.86. The molecule has 1 fully saturated rings. The summed E-state index contributed by atoms with van der Waals surface area (Å²) >= 11 is 6.18. The van der Waals surface area contributed by atoms with Crippen LogP contribution in [-0.2, 0) is 4.79 Å². The molecule has 0 aliphatic carbocycles. The van der Waals surface area contributed by atoms with Crippen molar-refractivity contribution >= 4 is 41.0 Å². The van der Waals surface area contributed by atoms with E-state index < -0.39 is 5.91 Å². The van der Waals surface area contributed by atoms with Gasteiger partial charge in [-0.3, -0.25) is 9.59 Å². The molecule has 0 atom stereocenters. The second-order valence-electron chi connectivity index (χ2n) is 7.76. The average molecular weight is 461 g/mol. The zero-order chi connectivity index (χ0) is 22.8. The standard InChI is InChI=1S/C25H21ClN4O3/c26-19-6-2-1-5-17(19)16-22-24(31)28-20-15-18(8-9-21(20)33-22)25(32)30-13-11-29(12-14-30)23-7-3-4-10-27-23/h1-10,15-16H,11-14H2,(H,28,31)/b22-16-. The SMILES string of the molecule is O=C1Nc2cc(C(=O)N3CCN(c4ccccn4)CC3)ccc2O/C1=C\c1ccccc1Cl. The number of amides is 2. The quantitative estimate of drug-likeness (QED) is 0.596. The van der Waals surface area contributed by atoms with Crippen LogP contribution in [0.4, 0.5) is 11.5 Å². The molecule has 5 rings (SSSR count). The summed E-state index contributed by atoms with van der Waals surface area (Å²) in [5.74, 6) is 1.06. The molecule has 2 aliphatic heterocycles. The molecule has 33 heavy (non-hydrogen) atoms. The molecule has 2 amide bonds. The third-order valence-corrected chi connectivity index (χ3v) is 5.99. The van der Waals surface area contributed by atoms with Crippen LogP contribution in [0.2, 0.25) is 5.02 Å². The second-order valence-corrected chi connectivity index (χ2v) is 8.17. The molecule has 166 valence electrons. The molecule has 1 saturated heterocycles. The van der Waals surface area contributed by atoms with Crippen LogP contribution in [0.3, 0.4) is 0 Å². The molecule has 7 nitrogen and oxygen atoms in total. The van der Waals surface area contributed by atoms with E-state index in [9.17, 15) is 9.59 Å². The maximum absolute atomic E-state index is 13.1. The Hall–Kier alpha value is -3.84. The maximum atomic E-state index is 13.1. The molecule has 0 saturated carbocycles. The number of rotatable bonds is 3. The van der Waals surface area contributed by atoms with E-state index in [4.69, 9.17) is 16.3 Å². The molecule has 3 aromatic rings. The van der Waals surface area contributed by atoms with Crippen LogP contribution in [0.25, 0.3) is 6.08 Å². The van der Waals surface area contributed by atoms with Crippen LogP contribution in [0.1, 0.15) is 15.9 Å². The summed E-state index contributed by atoms with van der Waals surface area (Å²) in [5, 5.41) is 3.34. The number of benzene rings is 2. The minimum atomic E-state index is -0.393. The molecule has 2 aromatic carbocycles. The van der Waals surface area contributed by atoms with Gasteiger partial charge in [-0.05, 0) is 48.0 Å². The van der Waals surface area contributed by atoms with E-state index in [1.807, 2.05) is 35.2 Å². The van der Waals surface area contributed by atoms with Gasteiger partial charge in [0.15, 0.2) is 11.5 Å². The predicted molar refractivity (Wildman–Crippen MR) is 127 cm³/mol. The first kappa shape index (κ1) is 21.0. The fraction of sp³-hybridized carbons (Fsp3) is 0.160. The summed E-state index contributed by atoms with van der Waals surface area (Å²) < 4.78 is 5.80. The minimum absolute atomic E-state index is 0.0786. The fourth-order valence-electron chi connectivity index (χ4n) is 3.89. The number of nitrogens with one attached hydrogen (secondary N) is 1. The second kappa shape index (κ2) is 8.96. The zero-order valence-electron chi connectivity index (χ0n) is 17.7. The maximum Gasteiger partial charge on any atom is 0.291 e. The lowest BCUT2D eigenvalue weighted by molar-refractivity contribution is -0.115. The largest absolute Gasteiger partial charge is 0.449 e. The van der Waals surface area contributed by atoms with E-state index in [1.165, 1.54) is 0 Å². The lowest BCUT2D eigenvalue weighted by atomic mass is 10.1. The van der Waals surface area contributed by atoms with Crippen molar-refractivity contribution in [3.8, 4) is 5.75 Å². The van der Waals surface area contributed by atoms with Crippen LogP contribution in [-0.4, -0.2) is 47.9 Å². The van der Waals surface area contributed by atoms with Crippen molar-refractivity contribution in [2.75, 3.05) is 36.4 Å². The van der Waals surface area contributed by atoms with Gasteiger partial charge in [0.25, 0.3) is 11.8 Å². The molecule has 8 heteroatoms. The van der Waals surface area contributed by atoms with E-state index in [-0.39, 0.29) is 11.7 Å². The Balaban J connectivity index is 1.29. The summed E-state index contributed by atoms with van der Waals surface area (Å²) in [6.07, 6.45) is 3.37. The number of pyridine rings is 1. The van der Waals surface area contributed by atoms with Crippen LogP contribution in [0.5, 0.6) is 5.75 Å². The first-order valence-corrected chi connectivity index (χ1v) is 11.0. The smallest absolute Gasteiger partial charge is 0.291 e. The lowest BCUT2D eigenvalue weighted by Gasteiger charge is -2.35. The van der Waals surface area contributed by atoms with Crippen molar-refractivity contribution in [2.45, 2.75) is 0 Å². The molecule has 3 heterocycles. The van der Waals surface area contributed by atoms with Crippen LogP contribution >= 0.6 is 11.6 Å². The Morgan fingerprint density at radius 1 is 1.03 bits per heavy atom. The number of anilines is 2. The van der Waals surface area contributed by atoms with Gasteiger partial charge < -0.3 is 19.9 Å². The van der Waals surface area contributed by atoms with Gasteiger partial charge in [-0.2, -0.15) is 0 Å². The number of fused-ring (bicyclic) bond motifs is 1. The van der Waals surface area contributed by atoms with Gasteiger partial charge in [-0.25, -0.2) is 4.98 Å². The normalized spacial score (nSPS) is 16.8. The van der Waals surface area contributed by atoms with Gasteiger partial charge in [0.1, 0.15) is 5.82 Å². The van der Waals surface area contributed by atoms with E-state index in [1.54, 1.807) is 42.6 Å². The number of halogens is 1. The number of carbonyl (C=O) groups excluding carboxylic acids is 2. The number of nitrogens with zero attached hydrogens (tertiary/aromatic N) is 3. The lowest BCUT2D eigenvalue weighted by Crippen LogP contribution is -2.49. The monoisotopic (exact) mass is 460 g/mol. The van der Waals surface area contributed by atoms with Gasteiger partial charge in [0, 0.05) is 43.0 Å². The number of hydrogen-bond acceptors (Lipinski definition) is 5. The third-order valence-electron chi connectivity index (χ3n) is 5.65. The molecular weight excluding hydrogens is 440 g/mol. The Kier molecular flexibility index (Phi) is 5.71. The highest BCUT2D eigenvalue weighted by Crippen LogP contribution is 2.33. The Labute approximate surface area is 196 Å². The summed E-state index contributed by atoms with van der Waals surface area (Å²) in [6.45, 7) is 2.62. The number of hydrogen-bond donors (Lipinski definition) is 1. The van der Waals surface area contributed by atoms with Gasteiger partial charge in [0.05, 0.1) is 5.69 Å². The van der Waals surface area contributed by atoms with E-state index in [0.29, 0.717) is 53.8 Å². The highest BCUT2D eigenvalue weighted by Gasteiger charge is 2.26. The predicted octanol–water partition coefficient (Wildman–Crippen LogP) is 4.07. The van der Waals surface area contributed by atoms with E-state index in [2.05, 4.69) is 15.2 Å².